The summed E-state index contributed by atoms with van der Waals surface area (Å²) in [6.45, 7) is 5.39. The maximum Gasteiger partial charge on any atom is 0.261 e. The SMILES string of the molecule is Cc1nn(Cc2ccccc2Cl)c2sc(C(=O)NCC(C)N(C)C3CC3)cc12. The molecule has 1 atom stereocenters. The van der Waals surface area contributed by atoms with Crippen molar-refractivity contribution in [2.45, 2.75) is 45.3 Å². The maximum atomic E-state index is 12.7. The summed E-state index contributed by atoms with van der Waals surface area (Å²) in [6.07, 6.45) is 2.54. The summed E-state index contributed by atoms with van der Waals surface area (Å²) in [5.74, 6) is -0.0130. The predicted octanol–water partition coefficient (Wildman–Crippen LogP) is 4.32. The van der Waals surface area contributed by atoms with Gasteiger partial charge in [-0.3, -0.25) is 14.4 Å². The minimum absolute atomic E-state index is 0.0130. The summed E-state index contributed by atoms with van der Waals surface area (Å²) in [5, 5.41) is 9.49. The van der Waals surface area contributed by atoms with E-state index in [1.807, 2.05) is 41.9 Å². The number of rotatable bonds is 7. The first-order valence-corrected chi connectivity index (χ1v) is 10.8. The number of aromatic nitrogens is 2. The van der Waals surface area contributed by atoms with Gasteiger partial charge < -0.3 is 5.32 Å². The molecule has 1 aromatic carbocycles. The van der Waals surface area contributed by atoms with Crippen LogP contribution >= 0.6 is 22.9 Å². The van der Waals surface area contributed by atoms with Crippen molar-refractivity contribution in [3.63, 3.8) is 0 Å². The number of thiophene rings is 1. The molecule has 1 amide bonds. The minimum atomic E-state index is -0.0130. The molecule has 0 saturated heterocycles. The molecule has 1 aliphatic carbocycles. The summed E-state index contributed by atoms with van der Waals surface area (Å²) in [5.41, 5.74) is 1.95. The second-order valence-electron chi connectivity index (χ2n) is 7.62. The van der Waals surface area contributed by atoms with Crippen LogP contribution < -0.4 is 5.32 Å². The number of benzene rings is 1. The Labute approximate surface area is 174 Å². The molecule has 0 aliphatic heterocycles. The molecule has 1 saturated carbocycles. The molecule has 1 unspecified atom stereocenters. The van der Waals surface area contributed by atoms with Crippen molar-refractivity contribution in [2.75, 3.05) is 13.6 Å². The Hall–Kier alpha value is -1.89. The molecule has 4 rings (SSSR count). The van der Waals surface area contributed by atoms with Crippen LogP contribution in [0.3, 0.4) is 0 Å². The number of hydrogen-bond donors (Lipinski definition) is 1. The molecule has 2 aromatic heterocycles. The number of aryl methyl sites for hydroxylation is 1. The lowest BCUT2D eigenvalue weighted by atomic mass is 10.2. The van der Waals surface area contributed by atoms with Gasteiger partial charge in [-0.05, 0) is 51.4 Å². The topological polar surface area (TPSA) is 50.2 Å². The van der Waals surface area contributed by atoms with E-state index in [1.54, 1.807) is 0 Å². The third-order valence-corrected chi connectivity index (χ3v) is 7.00. The van der Waals surface area contributed by atoms with Gasteiger partial charge in [0.15, 0.2) is 0 Å². The van der Waals surface area contributed by atoms with Gasteiger partial charge >= 0.3 is 0 Å². The minimum Gasteiger partial charge on any atom is -0.350 e. The Balaban J connectivity index is 1.49. The van der Waals surface area contributed by atoms with Crippen molar-refractivity contribution in [3.05, 3.63) is 51.5 Å². The zero-order chi connectivity index (χ0) is 19.8. The number of hydrogen-bond acceptors (Lipinski definition) is 4. The number of halogens is 1. The third-order valence-electron chi connectivity index (χ3n) is 5.49. The zero-order valence-electron chi connectivity index (χ0n) is 16.4. The first kappa shape index (κ1) is 19.4. The van der Waals surface area contributed by atoms with Gasteiger partial charge in [-0.25, -0.2) is 0 Å². The van der Waals surface area contributed by atoms with Crippen molar-refractivity contribution in [1.29, 1.82) is 0 Å². The van der Waals surface area contributed by atoms with Crippen LogP contribution in [-0.4, -0.2) is 46.3 Å². The van der Waals surface area contributed by atoms with Gasteiger partial charge in [-0.15, -0.1) is 11.3 Å². The van der Waals surface area contributed by atoms with Gasteiger partial charge in [0, 0.05) is 29.0 Å². The number of carbonyl (C=O) groups is 1. The summed E-state index contributed by atoms with van der Waals surface area (Å²) < 4.78 is 1.94. The fourth-order valence-corrected chi connectivity index (χ4v) is 4.71. The molecular weight excluding hydrogens is 392 g/mol. The monoisotopic (exact) mass is 416 g/mol. The fourth-order valence-electron chi connectivity index (χ4n) is 3.43. The van der Waals surface area contributed by atoms with Gasteiger partial charge in [-0.1, -0.05) is 29.8 Å². The first-order valence-electron chi connectivity index (χ1n) is 9.64. The van der Waals surface area contributed by atoms with Crippen LogP contribution in [0.15, 0.2) is 30.3 Å². The Morgan fingerprint density at radius 2 is 2.18 bits per heavy atom. The standard InChI is InChI=1S/C21H25ClN4OS/c1-13(25(3)16-8-9-16)11-23-20(27)19-10-17-14(2)24-26(21(17)28-19)12-15-6-4-5-7-18(15)22/h4-7,10,13,16H,8-9,11-12H2,1-3H3,(H,23,27). The van der Waals surface area contributed by atoms with Crippen LogP contribution in [0.4, 0.5) is 0 Å². The largest absolute Gasteiger partial charge is 0.350 e. The van der Waals surface area contributed by atoms with E-state index < -0.39 is 0 Å². The van der Waals surface area contributed by atoms with Crippen molar-refractivity contribution in [3.8, 4) is 0 Å². The Kier molecular flexibility index (Phi) is 5.45. The Bertz CT molecular complexity index is 1010. The Morgan fingerprint density at radius 1 is 1.43 bits per heavy atom. The molecule has 28 heavy (non-hydrogen) atoms. The molecule has 148 valence electrons. The van der Waals surface area contributed by atoms with E-state index >= 15 is 0 Å². The number of likely N-dealkylation sites (N-methyl/N-ethyl adjacent to an activating group) is 1. The molecule has 0 spiro atoms. The zero-order valence-corrected chi connectivity index (χ0v) is 18.0. The van der Waals surface area contributed by atoms with Crippen LogP contribution in [-0.2, 0) is 6.54 Å². The maximum absolute atomic E-state index is 12.7. The molecule has 0 radical (unpaired) electrons. The number of carbonyl (C=O) groups excluding carboxylic acids is 1. The van der Waals surface area contributed by atoms with Gasteiger partial charge in [-0.2, -0.15) is 5.10 Å². The van der Waals surface area contributed by atoms with E-state index in [0.717, 1.165) is 31.4 Å². The summed E-state index contributed by atoms with van der Waals surface area (Å²) in [4.78, 5) is 16.8. The van der Waals surface area contributed by atoms with Gasteiger partial charge in [0.05, 0.1) is 17.1 Å². The molecule has 1 N–H and O–H groups in total. The molecular formula is C21H25ClN4OS. The fraction of sp³-hybridized carbons (Fsp3) is 0.429. The Morgan fingerprint density at radius 3 is 2.89 bits per heavy atom. The highest BCUT2D eigenvalue weighted by atomic mass is 35.5. The quantitative estimate of drug-likeness (QED) is 0.624. The smallest absolute Gasteiger partial charge is 0.261 e. The van der Waals surface area contributed by atoms with Crippen molar-refractivity contribution >= 4 is 39.1 Å². The lowest BCUT2D eigenvalue weighted by Crippen LogP contribution is -2.41. The van der Waals surface area contributed by atoms with Crippen LogP contribution in [0.1, 0.15) is 40.7 Å². The molecule has 2 heterocycles. The lowest BCUT2D eigenvalue weighted by molar-refractivity contribution is 0.0943. The molecule has 0 bridgehead atoms. The normalized spacial score (nSPS) is 15.3. The number of nitrogens with one attached hydrogen (secondary N) is 1. The average Bonchev–Trinajstić information content (AvgIpc) is 3.36. The van der Waals surface area contributed by atoms with Crippen molar-refractivity contribution in [2.24, 2.45) is 0 Å². The van der Waals surface area contributed by atoms with E-state index in [0.29, 0.717) is 25.2 Å². The number of fused-ring (bicyclic) bond motifs is 1. The van der Waals surface area contributed by atoms with E-state index in [2.05, 4.69) is 29.3 Å². The van der Waals surface area contributed by atoms with E-state index in [1.165, 1.54) is 24.2 Å². The second kappa shape index (κ2) is 7.85. The number of amides is 1. The van der Waals surface area contributed by atoms with Gasteiger partial charge in [0.2, 0.25) is 0 Å². The van der Waals surface area contributed by atoms with E-state index in [9.17, 15) is 4.79 Å². The van der Waals surface area contributed by atoms with Crippen LogP contribution in [0, 0.1) is 6.92 Å². The average molecular weight is 417 g/mol. The highest BCUT2D eigenvalue weighted by Crippen LogP contribution is 2.30. The molecule has 3 aromatic rings. The number of nitrogens with zero attached hydrogens (tertiary/aromatic N) is 3. The van der Waals surface area contributed by atoms with Crippen molar-refractivity contribution in [1.82, 2.24) is 20.0 Å². The lowest BCUT2D eigenvalue weighted by Gasteiger charge is -2.24. The highest BCUT2D eigenvalue weighted by molar-refractivity contribution is 7.20. The first-order chi connectivity index (χ1) is 13.4. The molecule has 1 aliphatic rings. The van der Waals surface area contributed by atoms with Crippen LogP contribution in [0.2, 0.25) is 5.02 Å². The van der Waals surface area contributed by atoms with Gasteiger partial charge in [0.1, 0.15) is 4.83 Å². The summed E-state index contributed by atoms with van der Waals surface area (Å²) in [6, 6.07) is 10.8. The third kappa shape index (κ3) is 3.95. The molecule has 1 fully saturated rings. The summed E-state index contributed by atoms with van der Waals surface area (Å²) in [7, 11) is 2.14. The predicted molar refractivity (Wildman–Crippen MR) is 115 cm³/mol. The van der Waals surface area contributed by atoms with Crippen molar-refractivity contribution < 1.29 is 4.79 Å². The molecule has 5 nitrogen and oxygen atoms in total. The summed E-state index contributed by atoms with van der Waals surface area (Å²) >= 11 is 7.79. The van der Waals surface area contributed by atoms with Crippen LogP contribution in [0.5, 0.6) is 0 Å². The molecule has 7 heteroatoms. The van der Waals surface area contributed by atoms with Gasteiger partial charge in [0.25, 0.3) is 5.91 Å². The second-order valence-corrected chi connectivity index (χ2v) is 9.06. The van der Waals surface area contributed by atoms with E-state index in [4.69, 9.17) is 11.6 Å². The highest BCUT2D eigenvalue weighted by Gasteiger charge is 2.29. The van der Waals surface area contributed by atoms with E-state index in [-0.39, 0.29) is 5.91 Å². The van der Waals surface area contributed by atoms with Crippen LogP contribution in [0.25, 0.3) is 10.2 Å².